The highest BCUT2D eigenvalue weighted by Gasteiger charge is 2.25. The Morgan fingerprint density at radius 2 is 1.71 bits per heavy atom. The van der Waals surface area contributed by atoms with Crippen molar-refractivity contribution >= 4 is 10.9 Å². The standard InChI is InChI=1S/C24H28N2O5/c1-3-30-21-11-14-9-16(10-15(14)12-22(21)31-4-2)25-13-20(28)17-5-7-19(27)24-18(17)6-8-23(29)26-24/h5-8,11-12,16,20,25,27-28H,3-4,9-10,13H2,1-2H3,(H,26,29). The first-order valence-electron chi connectivity index (χ1n) is 10.7. The van der Waals surface area contributed by atoms with Crippen molar-refractivity contribution in [1.82, 2.24) is 10.3 Å². The number of pyridine rings is 1. The molecule has 164 valence electrons. The first kappa shape index (κ1) is 21.2. The van der Waals surface area contributed by atoms with Crippen molar-refractivity contribution in [2.24, 2.45) is 0 Å². The fourth-order valence-corrected chi connectivity index (χ4v) is 4.25. The average Bonchev–Trinajstić information content (AvgIpc) is 3.15. The third-order valence-corrected chi connectivity index (χ3v) is 5.66. The van der Waals surface area contributed by atoms with E-state index in [0.29, 0.717) is 36.2 Å². The van der Waals surface area contributed by atoms with Crippen LogP contribution >= 0.6 is 0 Å². The molecule has 4 rings (SSSR count). The summed E-state index contributed by atoms with van der Waals surface area (Å²) in [6.45, 7) is 5.43. The minimum absolute atomic E-state index is 0.0157. The molecule has 1 aromatic heterocycles. The van der Waals surface area contributed by atoms with Gasteiger partial charge in [-0.2, -0.15) is 0 Å². The van der Waals surface area contributed by atoms with Crippen molar-refractivity contribution in [3.63, 3.8) is 0 Å². The van der Waals surface area contributed by atoms with Crippen LogP contribution in [0.3, 0.4) is 0 Å². The Bertz CT molecular complexity index is 1110. The Balaban J connectivity index is 1.47. The molecule has 7 nitrogen and oxygen atoms in total. The van der Waals surface area contributed by atoms with E-state index in [2.05, 4.69) is 22.4 Å². The molecule has 1 aliphatic rings. The Morgan fingerprint density at radius 3 is 2.32 bits per heavy atom. The largest absolute Gasteiger partial charge is 0.506 e. The smallest absolute Gasteiger partial charge is 0.248 e. The average molecular weight is 424 g/mol. The van der Waals surface area contributed by atoms with E-state index in [9.17, 15) is 15.0 Å². The number of aliphatic hydroxyl groups excluding tert-OH is 1. The zero-order valence-corrected chi connectivity index (χ0v) is 17.8. The monoisotopic (exact) mass is 424 g/mol. The van der Waals surface area contributed by atoms with E-state index < -0.39 is 6.10 Å². The van der Waals surface area contributed by atoms with E-state index in [1.54, 1.807) is 12.1 Å². The number of fused-ring (bicyclic) bond motifs is 2. The first-order valence-corrected chi connectivity index (χ1v) is 10.7. The minimum atomic E-state index is -0.782. The van der Waals surface area contributed by atoms with Crippen LogP contribution in [0.15, 0.2) is 41.2 Å². The second-order valence-electron chi connectivity index (χ2n) is 7.75. The summed E-state index contributed by atoms with van der Waals surface area (Å²) in [5.41, 5.74) is 3.15. The molecule has 4 N–H and O–H groups in total. The number of aliphatic hydroxyl groups is 1. The van der Waals surface area contributed by atoms with Gasteiger partial charge in [0.15, 0.2) is 11.5 Å². The second kappa shape index (κ2) is 8.99. The number of aromatic amines is 1. The van der Waals surface area contributed by atoms with Gasteiger partial charge in [-0.15, -0.1) is 0 Å². The van der Waals surface area contributed by atoms with Crippen LogP contribution < -0.4 is 20.3 Å². The molecule has 0 amide bonds. The molecule has 0 saturated heterocycles. The van der Waals surface area contributed by atoms with Crippen LogP contribution in [-0.4, -0.2) is 41.0 Å². The molecule has 1 aliphatic carbocycles. The summed E-state index contributed by atoms with van der Waals surface area (Å²) < 4.78 is 11.5. The lowest BCUT2D eigenvalue weighted by molar-refractivity contribution is 0.171. The van der Waals surface area contributed by atoms with E-state index in [0.717, 1.165) is 24.3 Å². The van der Waals surface area contributed by atoms with Crippen LogP contribution in [0.5, 0.6) is 17.2 Å². The van der Waals surface area contributed by atoms with Gasteiger partial charge in [0, 0.05) is 24.0 Å². The molecule has 7 heteroatoms. The molecular weight excluding hydrogens is 396 g/mol. The van der Waals surface area contributed by atoms with Crippen molar-refractivity contribution in [1.29, 1.82) is 0 Å². The first-order chi connectivity index (χ1) is 15.0. The SMILES string of the molecule is CCOc1cc2c(cc1OCC)CC(NCC(O)c1ccc(O)c3[nH]c(=O)ccc13)C2. The van der Waals surface area contributed by atoms with Gasteiger partial charge in [0.05, 0.1) is 24.8 Å². The molecule has 0 bridgehead atoms. The zero-order chi connectivity index (χ0) is 22.0. The second-order valence-corrected chi connectivity index (χ2v) is 7.75. The van der Waals surface area contributed by atoms with Gasteiger partial charge < -0.3 is 30.0 Å². The van der Waals surface area contributed by atoms with Crippen LogP contribution in [0.1, 0.15) is 36.6 Å². The minimum Gasteiger partial charge on any atom is -0.506 e. The highest BCUT2D eigenvalue weighted by molar-refractivity contribution is 5.87. The molecule has 31 heavy (non-hydrogen) atoms. The van der Waals surface area contributed by atoms with Gasteiger partial charge in [0.1, 0.15) is 5.75 Å². The summed E-state index contributed by atoms with van der Waals surface area (Å²) in [5, 5.41) is 24.9. The Hall–Kier alpha value is -3.03. The van der Waals surface area contributed by atoms with Gasteiger partial charge in [-0.05, 0) is 67.6 Å². The summed E-state index contributed by atoms with van der Waals surface area (Å²) in [4.78, 5) is 14.2. The molecule has 0 spiro atoms. The quantitative estimate of drug-likeness (QED) is 0.443. The lowest BCUT2D eigenvalue weighted by Gasteiger charge is -2.18. The number of phenols is 1. The summed E-state index contributed by atoms with van der Waals surface area (Å²) in [7, 11) is 0. The Labute approximate surface area is 180 Å². The third kappa shape index (κ3) is 4.38. The van der Waals surface area contributed by atoms with Gasteiger partial charge in [-0.1, -0.05) is 6.07 Å². The molecule has 1 heterocycles. The van der Waals surface area contributed by atoms with Gasteiger partial charge in [0.2, 0.25) is 5.56 Å². The lowest BCUT2D eigenvalue weighted by atomic mass is 10.0. The molecule has 0 fully saturated rings. The van der Waals surface area contributed by atoms with E-state index in [-0.39, 0.29) is 17.4 Å². The number of hydrogen-bond acceptors (Lipinski definition) is 6. The van der Waals surface area contributed by atoms with Crippen LogP contribution in [0, 0.1) is 0 Å². The molecule has 2 aromatic carbocycles. The fourth-order valence-electron chi connectivity index (χ4n) is 4.25. The zero-order valence-electron chi connectivity index (χ0n) is 17.8. The molecule has 1 atom stereocenters. The van der Waals surface area contributed by atoms with Gasteiger partial charge >= 0.3 is 0 Å². The van der Waals surface area contributed by atoms with E-state index in [1.807, 2.05) is 13.8 Å². The number of rotatable bonds is 8. The molecular formula is C24H28N2O5. The maximum Gasteiger partial charge on any atom is 0.248 e. The number of hydrogen-bond donors (Lipinski definition) is 4. The predicted molar refractivity (Wildman–Crippen MR) is 119 cm³/mol. The van der Waals surface area contributed by atoms with Crippen molar-refractivity contribution in [2.75, 3.05) is 19.8 Å². The number of phenolic OH excluding ortho intramolecular Hbond substituents is 1. The van der Waals surface area contributed by atoms with Gasteiger partial charge in [-0.3, -0.25) is 4.79 Å². The Morgan fingerprint density at radius 1 is 1.06 bits per heavy atom. The summed E-state index contributed by atoms with van der Waals surface area (Å²) in [6.07, 6.45) is 0.909. The summed E-state index contributed by atoms with van der Waals surface area (Å²) >= 11 is 0. The van der Waals surface area contributed by atoms with Crippen molar-refractivity contribution in [3.05, 3.63) is 63.4 Å². The Kier molecular flexibility index (Phi) is 6.15. The van der Waals surface area contributed by atoms with Crippen molar-refractivity contribution in [2.45, 2.75) is 38.8 Å². The lowest BCUT2D eigenvalue weighted by Crippen LogP contribution is -2.33. The van der Waals surface area contributed by atoms with Crippen molar-refractivity contribution < 1.29 is 19.7 Å². The van der Waals surface area contributed by atoms with Crippen LogP contribution in [0.25, 0.3) is 10.9 Å². The molecule has 0 radical (unpaired) electrons. The number of benzene rings is 2. The number of ether oxygens (including phenoxy) is 2. The topological polar surface area (TPSA) is 104 Å². The predicted octanol–water partition coefficient (Wildman–Crippen LogP) is 2.82. The number of H-pyrrole nitrogens is 1. The maximum atomic E-state index is 11.6. The van der Waals surface area contributed by atoms with E-state index >= 15 is 0 Å². The van der Waals surface area contributed by atoms with E-state index in [1.165, 1.54) is 23.3 Å². The molecule has 3 aromatic rings. The third-order valence-electron chi connectivity index (χ3n) is 5.66. The van der Waals surface area contributed by atoms with Gasteiger partial charge in [0.25, 0.3) is 0 Å². The van der Waals surface area contributed by atoms with E-state index in [4.69, 9.17) is 9.47 Å². The summed E-state index contributed by atoms with van der Waals surface area (Å²) in [6, 6.07) is 10.5. The van der Waals surface area contributed by atoms with Crippen LogP contribution in [-0.2, 0) is 12.8 Å². The number of aromatic nitrogens is 1. The van der Waals surface area contributed by atoms with Crippen molar-refractivity contribution in [3.8, 4) is 17.2 Å². The molecule has 0 aliphatic heterocycles. The van der Waals surface area contributed by atoms with Crippen LogP contribution in [0.2, 0.25) is 0 Å². The normalized spacial score (nSPS) is 14.5. The molecule has 1 unspecified atom stereocenters. The number of nitrogens with one attached hydrogen (secondary N) is 2. The molecule has 0 saturated carbocycles. The highest BCUT2D eigenvalue weighted by atomic mass is 16.5. The highest BCUT2D eigenvalue weighted by Crippen LogP contribution is 2.35. The maximum absolute atomic E-state index is 11.6. The number of aromatic hydroxyl groups is 1. The van der Waals surface area contributed by atoms with Crippen LogP contribution in [0.4, 0.5) is 0 Å². The fraction of sp³-hybridized carbons (Fsp3) is 0.375. The van der Waals surface area contributed by atoms with Gasteiger partial charge in [-0.25, -0.2) is 0 Å². The summed E-state index contributed by atoms with van der Waals surface area (Å²) in [5.74, 6) is 1.53.